The minimum Gasteiger partial charge on any atom is -0.403 e. The summed E-state index contributed by atoms with van der Waals surface area (Å²) in [6, 6.07) is 5.21. The number of rotatable bonds is 5. The molecule has 1 atom stereocenters. The quantitative estimate of drug-likeness (QED) is 0.747. The van der Waals surface area contributed by atoms with E-state index in [0.29, 0.717) is 0 Å². The zero-order valence-corrected chi connectivity index (χ0v) is 16.5. The van der Waals surface area contributed by atoms with Crippen molar-refractivity contribution in [2.45, 2.75) is 77.6 Å². The van der Waals surface area contributed by atoms with Crippen molar-refractivity contribution in [3.05, 3.63) is 29.6 Å². The molecule has 0 aliphatic carbocycles. The van der Waals surface area contributed by atoms with Crippen molar-refractivity contribution in [3.63, 3.8) is 0 Å². The van der Waals surface area contributed by atoms with E-state index in [0.717, 1.165) is 18.0 Å². The van der Waals surface area contributed by atoms with Gasteiger partial charge in [0.1, 0.15) is 5.82 Å². The predicted molar refractivity (Wildman–Crippen MR) is 97.2 cm³/mol. The summed E-state index contributed by atoms with van der Waals surface area (Å²) in [6.45, 7) is 14.9. The lowest BCUT2D eigenvalue weighted by atomic mass is 9.65. The van der Waals surface area contributed by atoms with Crippen LogP contribution in [0.2, 0.25) is 13.1 Å². The van der Waals surface area contributed by atoms with Crippen LogP contribution in [0.5, 0.6) is 0 Å². The first-order chi connectivity index (χ1) is 10.6. The molecule has 1 aromatic rings. The lowest BCUT2D eigenvalue weighted by Gasteiger charge is -2.32. The molecule has 5 heteroatoms. The van der Waals surface area contributed by atoms with E-state index < -0.39 is 8.80 Å². The van der Waals surface area contributed by atoms with Crippen LogP contribution in [0.25, 0.3) is 0 Å². The second-order valence-electron chi connectivity index (χ2n) is 7.75. The Bertz CT molecular complexity index is 544. The summed E-state index contributed by atoms with van der Waals surface area (Å²) in [5.41, 5.74) is 0.525. The third kappa shape index (κ3) is 3.72. The molecule has 23 heavy (non-hydrogen) atoms. The first-order valence-corrected chi connectivity index (χ1v) is 11.0. The van der Waals surface area contributed by atoms with Crippen molar-refractivity contribution in [1.29, 1.82) is 0 Å². The van der Waals surface area contributed by atoms with Crippen molar-refractivity contribution >= 4 is 21.1 Å². The summed E-state index contributed by atoms with van der Waals surface area (Å²) < 4.78 is 26.3. The van der Waals surface area contributed by atoms with E-state index >= 15 is 0 Å². The summed E-state index contributed by atoms with van der Waals surface area (Å²) in [6.07, 6.45) is 2.02. The van der Waals surface area contributed by atoms with E-state index in [4.69, 9.17) is 9.31 Å². The molecular formula is C18H29BFO2Si. The van der Waals surface area contributed by atoms with E-state index in [2.05, 4.69) is 47.7 Å². The maximum atomic E-state index is 13.7. The third-order valence-electron chi connectivity index (χ3n) is 5.15. The van der Waals surface area contributed by atoms with Crippen LogP contribution in [-0.4, -0.2) is 27.1 Å². The van der Waals surface area contributed by atoms with Gasteiger partial charge in [0.2, 0.25) is 0 Å². The van der Waals surface area contributed by atoms with Gasteiger partial charge in [-0.15, -0.1) is 0 Å². The highest BCUT2D eigenvalue weighted by molar-refractivity contribution is 6.71. The fourth-order valence-corrected chi connectivity index (χ4v) is 4.36. The summed E-state index contributed by atoms with van der Waals surface area (Å²) in [4.78, 5) is 0. The Morgan fingerprint density at radius 2 is 1.70 bits per heavy atom. The van der Waals surface area contributed by atoms with Gasteiger partial charge in [0.15, 0.2) is 0 Å². The van der Waals surface area contributed by atoms with Crippen molar-refractivity contribution < 1.29 is 13.7 Å². The van der Waals surface area contributed by atoms with Gasteiger partial charge < -0.3 is 9.31 Å². The fourth-order valence-electron chi connectivity index (χ4n) is 3.09. The summed E-state index contributed by atoms with van der Waals surface area (Å²) in [5.74, 6) is -0.00401. The smallest absolute Gasteiger partial charge is 0.403 e. The van der Waals surface area contributed by atoms with Gasteiger partial charge in [-0.05, 0) is 51.8 Å². The van der Waals surface area contributed by atoms with Gasteiger partial charge in [-0.3, -0.25) is 0 Å². The standard InChI is InChI=1S/C18H29BFO2Si/c1-8-9-15(19-21-17(2,3)18(4,5)22-19)14-11-10-13(20)12-16(14)23(6)7/h10-12,15H,8-9H2,1-7H3. The monoisotopic (exact) mass is 335 g/mol. The summed E-state index contributed by atoms with van der Waals surface area (Å²) >= 11 is 0. The van der Waals surface area contributed by atoms with Crippen LogP contribution in [0.15, 0.2) is 18.2 Å². The molecule has 0 saturated carbocycles. The Morgan fingerprint density at radius 1 is 1.13 bits per heavy atom. The van der Waals surface area contributed by atoms with Crippen LogP contribution in [0.3, 0.4) is 0 Å². The van der Waals surface area contributed by atoms with Gasteiger partial charge in [0.25, 0.3) is 0 Å². The van der Waals surface area contributed by atoms with Crippen LogP contribution in [0.4, 0.5) is 4.39 Å². The van der Waals surface area contributed by atoms with Gasteiger partial charge in [-0.2, -0.15) is 0 Å². The van der Waals surface area contributed by atoms with E-state index in [-0.39, 0.29) is 30.0 Å². The first kappa shape index (κ1) is 18.7. The molecule has 0 amide bonds. The molecular weight excluding hydrogens is 306 g/mol. The third-order valence-corrected chi connectivity index (χ3v) is 6.66. The molecule has 0 bridgehead atoms. The predicted octanol–water partition coefficient (Wildman–Crippen LogP) is 4.30. The van der Waals surface area contributed by atoms with Crippen molar-refractivity contribution in [2.24, 2.45) is 0 Å². The molecule has 1 fully saturated rings. The van der Waals surface area contributed by atoms with Crippen LogP contribution in [0, 0.1) is 5.82 Å². The minimum absolute atomic E-state index is 0.150. The highest BCUT2D eigenvalue weighted by atomic mass is 28.3. The molecule has 2 rings (SSSR count). The average molecular weight is 335 g/mol. The molecule has 0 aromatic heterocycles. The fraction of sp³-hybridized carbons (Fsp3) is 0.667. The zero-order valence-electron chi connectivity index (χ0n) is 15.5. The molecule has 1 saturated heterocycles. The number of hydrogen-bond donors (Lipinski definition) is 0. The largest absolute Gasteiger partial charge is 0.465 e. The van der Waals surface area contributed by atoms with Crippen LogP contribution in [-0.2, 0) is 9.31 Å². The number of hydrogen-bond acceptors (Lipinski definition) is 2. The lowest BCUT2D eigenvalue weighted by molar-refractivity contribution is 0.00578. The molecule has 1 aliphatic heterocycles. The molecule has 1 aliphatic rings. The Balaban J connectivity index is 2.41. The van der Waals surface area contributed by atoms with Gasteiger partial charge in [0.05, 0.1) is 20.0 Å². The summed E-state index contributed by atoms with van der Waals surface area (Å²) in [7, 11) is -1.04. The molecule has 0 spiro atoms. The Kier molecular flexibility index (Phi) is 5.44. The van der Waals surface area contributed by atoms with E-state index in [1.807, 2.05) is 6.07 Å². The SMILES string of the molecule is CCCC(B1OC(C)(C)C(C)(C)O1)c1ccc(F)cc1[Si](C)C. The Morgan fingerprint density at radius 3 is 2.17 bits per heavy atom. The highest BCUT2D eigenvalue weighted by Gasteiger charge is 2.53. The normalized spacial score (nSPS) is 21.0. The van der Waals surface area contributed by atoms with E-state index in [1.54, 1.807) is 12.1 Å². The molecule has 0 N–H and O–H groups in total. The number of benzene rings is 1. The van der Waals surface area contributed by atoms with Crippen molar-refractivity contribution in [2.75, 3.05) is 0 Å². The van der Waals surface area contributed by atoms with Gasteiger partial charge >= 0.3 is 7.12 Å². The highest BCUT2D eigenvalue weighted by Crippen LogP contribution is 2.41. The Labute approximate surface area is 142 Å². The molecule has 2 nitrogen and oxygen atoms in total. The Hall–Kier alpha value is -0.648. The maximum absolute atomic E-state index is 13.7. The second-order valence-corrected chi connectivity index (χ2v) is 10.3. The molecule has 1 aromatic carbocycles. The lowest BCUT2D eigenvalue weighted by Crippen LogP contribution is -2.41. The average Bonchev–Trinajstić information content (AvgIpc) is 2.65. The van der Waals surface area contributed by atoms with Crippen LogP contribution in [0.1, 0.15) is 58.8 Å². The van der Waals surface area contributed by atoms with Gasteiger partial charge in [-0.25, -0.2) is 4.39 Å². The van der Waals surface area contributed by atoms with Crippen LogP contribution < -0.4 is 5.19 Å². The summed E-state index contributed by atoms with van der Waals surface area (Å²) in [5, 5.41) is 1.16. The topological polar surface area (TPSA) is 18.5 Å². The van der Waals surface area contributed by atoms with Crippen molar-refractivity contribution in [1.82, 2.24) is 0 Å². The van der Waals surface area contributed by atoms with E-state index in [1.165, 1.54) is 5.56 Å². The van der Waals surface area contributed by atoms with Crippen molar-refractivity contribution in [3.8, 4) is 0 Å². The molecule has 1 unspecified atom stereocenters. The zero-order chi connectivity index (χ0) is 17.4. The van der Waals surface area contributed by atoms with E-state index in [9.17, 15) is 4.39 Å². The van der Waals surface area contributed by atoms with Crippen LogP contribution >= 0.6 is 0 Å². The first-order valence-electron chi connectivity index (χ1n) is 8.54. The van der Waals surface area contributed by atoms with Gasteiger partial charge in [-0.1, -0.05) is 37.7 Å². The minimum atomic E-state index is -0.763. The second kappa shape index (κ2) is 6.69. The maximum Gasteiger partial charge on any atom is 0.465 e. The van der Waals surface area contributed by atoms with Gasteiger partial charge in [0, 0.05) is 5.82 Å². The molecule has 1 radical (unpaired) electrons. The molecule has 1 heterocycles. The number of halogens is 1. The molecule has 127 valence electrons.